The van der Waals surface area contributed by atoms with E-state index in [0.29, 0.717) is 69.9 Å². The lowest BCUT2D eigenvalue weighted by molar-refractivity contribution is -0.149. The van der Waals surface area contributed by atoms with Gasteiger partial charge in [-0.1, -0.05) is 120 Å². The van der Waals surface area contributed by atoms with Gasteiger partial charge in [-0.2, -0.15) is 0 Å². The van der Waals surface area contributed by atoms with E-state index in [1.54, 1.807) is 105 Å². The number of nitrogens with one attached hydrogen (secondary N) is 15. The van der Waals surface area contributed by atoms with Crippen LogP contribution in [-0.4, -0.2) is 302 Å². The first-order chi connectivity index (χ1) is 62.9. The zero-order chi connectivity index (χ0) is 96.6. The number of hydrogen-bond acceptors (Lipinski definition) is 21. The second-order valence-electron chi connectivity index (χ2n) is 33.7. The molecule has 3 aromatic carbocycles. The molecular formula is C89H127N25O17S. The summed E-state index contributed by atoms with van der Waals surface area (Å²) in [6.45, 7) is 6.51. The molecule has 13 unspecified atom stereocenters. The number of rotatable bonds is 26. The van der Waals surface area contributed by atoms with Crippen LogP contribution in [0.1, 0.15) is 134 Å². The summed E-state index contributed by atoms with van der Waals surface area (Å²) in [5, 5.41) is 38.6. The molecule has 0 spiro atoms. The van der Waals surface area contributed by atoms with Crippen LogP contribution >= 0.6 is 11.8 Å². The second-order valence-corrected chi connectivity index (χ2v) is 34.7. The maximum Gasteiger partial charge on any atom is 0.246 e. The van der Waals surface area contributed by atoms with Crippen molar-refractivity contribution in [3.8, 4) is 0 Å². The Morgan fingerprint density at radius 3 is 1.67 bits per heavy atom. The third-order valence-corrected chi connectivity index (χ3v) is 24.2. The number of nitrogens with zero attached hydrogens (tertiary/aromatic N) is 6. The van der Waals surface area contributed by atoms with E-state index >= 15 is 24.0 Å². The molecule has 0 bridgehead atoms. The van der Waals surface area contributed by atoms with Crippen molar-refractivity contribution in [3.05, 3.63) is 126 Å². The number of primary amides is 2. The summed E-state index contributed by atoms with van der Waals surface area (Å²) >= 11 is 0.800. The second kappa shape index (κ2) is 50.6. The molecular weight excluding hydrogens is 1720 g/mol. The molecule has 2 fully saturated rings. The van der Waals surface area contributed by atoms with Crippen molar-refractivity contribution >= 4 is 140 Å². The van der Waals surface area contributed by atoms with E-state index in [0.717, 1.165) is 26.5 Å². The van der Waals surface area contributed by atoms with Gasteiger partial charge in [0.05, 0.1) is 31.6 Å². The van der Waals surface area contributed by atoms with Gasteiger partial charge in [0.25, 0.3) is 0 Å². The van der Waals surface area contributed by atoms with Crippen LogP contribution < -0.4 is 81.4 Å². The van der Waals surface area contributed by atoms with E-state index in [1.165, 1.54) is 57.4 Å². The molecule has 0 saturated carbocycles. The van der Waals surface area contributed by atoms with Crippen LogP contribution in [0.3, 0.4) is 0 Å². The highest BCUT2D eigenvalue weighted by atomic mass is 32.2. The summed E-state index contributed by atoms with van der Waals surface area (Å²) in [6, 6.07) is 3.48. The van der Waals surface area contributed by atoms with Gasteiger partial charge in [-0.3, -0.25) is 86.9 Å². The Balaban J connectivity index is 1.18. The third-order valence-electron chi connectivity index (χ3n) is 23.2. The van der Waals surface area contributed by atoms with Crippen LogP contribution in [0.25, 0.3) is 21.8 Å². The van der Waals surface area contributed by atoms with Crippen LogP contribution in [-0.2, 0) is 107 Å². The molecule has 23 N–H and O–H groups in total. The Labute approximate surface area is 769 Å². The molecule has 716 valence electrons. The van der Waals surface area contributed by atoms with Gasteiger partial charge in [0.2, 0.25) is 100 Å². The summed E-state index contributed by atoms with van der Waals surface area (Å²) in [7, 11) is 5.31. The molecule has 17 amide bonds. The Morgan fingerprint density at radius 1 is 0.530 bits per heavy atom. The Hall–Kier alpha value is -13.5. The number of hydrogen-bond donors (Lipinski definition) is 19. The number of thioether (sulfide) groups is 1. The number of unbranched alkanes of at least 4 members (excludes halogenated alkanes) is 2. The number of aromatic amines is 3. The molecule has 0 radical (unpaired) electrons. The predicted octanol–water partition coefficient (Wildman–Crippen LogP) is -2.17. The molecule has 13 atom stereocenters. The van der Waals surface area contributed by atoms with Crippen LogP contribution in [0.5, 0.6) is 0 Å². The summed E-state index contributed by atoms with van der Waals surface area (Å²) in [5.41, 5.74) is 26.6. The predicted molar refractivity (Wildman–Crippen MR) is 492 cm³/mol. The zero-order valence-electron chi connectivity index (χ0n) is 76.0. The number of likely N-dealkylation sites (N-methyl/N-ethyl adjacent to an activating group) is 4. The first-order valence-corrected chi connectivity index (χ1v) is 45.5. The molecule has 42 nitrogen and oxygen atoms in total. The number of aromatic nitrogens is 4. The number of benzene rings is 3. The molecule has 0 aliphatic carbocycles. The molecule has 2 aliphatic rings. The number of H-pyrrole nitrogens is 3. The molecule has 5 heterocycles. The molecule has 132 heavy (non-hydrogen) atoms. The smallest absolute Gasteiger partial charge is 0.246 e. The zero-order valence-corrected chi connectivity index (χ0v) is 76.8. The topological polar surface area (TPSA) is 627 Å². The number of guanidine groups is 1. The minimum atomic E-state index is -1.74. The quantitative estimate of drug-likeness (QED) is 0.0156. The fraction of sp³-hybridized carbons (Fsp3) is 0.517. The molecule has 3 aromatic heterocycles. The van der Waals surface area contributed by atoms with Gasteiger partial charge >= 0.3 is 0 Å². The van der Waals surface area contributed by atoms with Gasteiger partial charge in [0.15, 0.2) is 5.96 Å². The van der Waals surface area contributed by atoms with E-state index in [1.807, 2.05) is 13.8 Å². The SMILES string of the molecule is CCCCC1C(=O)N(C)C(CCCC)C(=O)NC(CCCNC(=N)N)C(=O)NC(C(=O)NCC(N)=O)CSCC(=O)NC(Cc2ccccc2)C(=O)N(C)C(C)C(=O)NC(CC(N)=O)C(=O)N2CCCC2C(=O)NC(Cc2cnc[nH]2)C(=O)NC(CC(C)C)C(=O)N(C)CC(=O)NC(Cc2c[nH]c3ccccc23)C(=O)NC(CN)C(=O)NC(Cc2c[nH]c3ccccc23)C(=O)N1C. The van der Waals surface area contributed by atoms with Crippen molar-refractivity contribution < 1.29 is 81.5 Å². The van der Waals surface area contributed by atoms with E-state index in [9.17, 15) is 57.5 Å². The fourth-order valence-corrected chi connectivity index (χ4v) is 16.7. The summed E-state index contributed by atoms with van der Waals surface area (Å²) in [5.74, 6) is -16.7. The Morgan fingerprint density at radius 2 is 1.07 bits per heavy atom. The number of imidazole rings is 1. The van der Waals surface area contributed by atoms with Crippen molar-refractivity contribution in [1.29, 1.82) is 5.41 Å². The maximum atomic E-state index is 15.7. The molecule has 8 rings (SSSR count). The normalized spacial score (nSPS) is 23.5. The van der Waals surface area contributed by atoms with E-state index in [2.05, 4.69) is 78.4 Å². The summed E-state index contributed by atoms with van der Waals surface area (Å²) in [4.78, 5) is 268. The van der Waals surface area contributed by atoms with E-state index in [-0.39, 0.29) is 89.6 Å². The maximum absolute atomic E-state index is 15.7. The van der Waals surface area contributed by atoms with Crippen LogP contribution in [0.4, 0.5) is 0 Å². The largest absolute Gasteiger partial charge is 0.370 e. The average Bonchev–Trinajstić information content (AvgIpc) is 1.48. The van der Waals surface area contributed by atoms with Gasteiger partial charge in [-0.15, -0.1) is 11.8 Å². The van der Waals surface area contributed by atoms with Gasteiger partial charge in [0.1, 0.15) is 78.5 Å². The van der Waals surface area contributed by atoms with Crippen molar-refractivity contribution in [2.45, 2.75) is 216 Å². The van der Waals surface area contributed by atoms with Gasteiger partial charge in [-0.25, -0.2) is 4.98 Å². The monoisotopic (exact) mass is 1850 g/mol. The summed E-state index contributed by atoms with van der Waals surface area (Å²) < 4.78 is 0. The number of para-hydroxylation sites is 2. The average molecular weight is 1850 g/mol. The van der Waals surface area contributed by atoms with Crippen molar-refractivity contribution in [3.63, 3.8) is 0 Å². The van der Waals surface area contributed by atoms with Gasteiger partial charge in [0, 0.05) is 125 Å². The van der Waals surface area contributed by atoms with Crippen LogP contribution in [0.15, 0.2) is 104 Å². The van der Waals surface area contributed by atoms with Crippen molar-refractivity contribution in [2.24, 2.45) is 28.9 Å². The fourth-order valence-electron chi connectivity index (χ4n) is 15.8. The highest BCUT2D eigenvalue weighted by Gasteiger charge is 2.44. The van der Waals surface area contributed by atoms with Gasteiger partial charge < -0.3 is 121 Å². The lowest BCUT2D eigenvalue weighted by atomic mass is 10.00. The first kappa shape index (κ1) is 104. The van der Waals surface area contributed by atoms with Crippen LogP contribution in [0.2, 0.25) is 0 Å². The lowest BCUT2D eigenvalue weighted by Crippen LogP contribution is -2.61. The van der Waals surface area contributed by atoms with E-state index in [4.69, 9.17) is 28.3 Å². The van der Waals surface area contributed by atoms with Crippen molar-refractivity contribution in [2.75, 3.05) is 72.4 Å². The van der Waals surface area contributed by atoms with Crippen LogP contribution in [0, 0.1) is 11.3 Å². The molecule has 2 saturated heterocycles. The molecule has 2 aliphatic heterocycles. The molecule has 43 heteroatoms. The number of nitrogens with two attached hydrogens (primary N) is 4. The minimum Gasteiger partial charge on any atom is -0.370 e. The highest BCUT2D eigenvalue weighted by molar-refractivity contribution is 8.00. The Bertz CT molecular complexity index is 5050. The summed E-state index contributed by atoms with van der Waals surface area (Å²) in [6.07, 6.45) is 6.28. The lowest BCUT2D eigenvalue weighted by Gasteiger charge is -2.36. The van der Waals surface area contributed by atoms with E-state index < -0.39 is 222 Å². The number of carbonyl (C=O) groups is 17. The third kappa shape index (κ3) is 30.0. The first-order valence-electron chi connectivity index (χ1n) is 44.3. The number of carbonyl (C=O) groups excluding carboxylic acids is 17. The Kier molecular flexibility index (Phi) is 39.9. The minimum absolute atomic E-state index is 0.00762. The molecule has 6 aromatic rings. The highest BCUT2D eigenvalue weighted by Crippen LogP contribution is 2.26. The number of amides is 17. The standard InChI is InChI=1S/C89H127N25O17S/c1-10-12-30-69-82(125)103-60(29-21-33-96-89(93)94)78(121)109-68(77(120)99-45-73(92)116)47-132-48-75(118)102-64(36-52-23-15-14-16-24-52)85(128)111(7)51(5)76(119)105-66(40-72(91)115)87(130)114-34-22-32-70(114)83(126)104-62(39-55-44-95-49-100-55)80(123)106-63(35-50(3)4)84(127)110(6)46-74(117)101-61(37-53-42-97-58-27-19-17-25-56(53)58)79(122)108-67(41-90)81(124)107-65(38-54-43-98-59-28-20-18-26-57(54)59)86(129)113(9)71(31-13-11-2)88(131)112(69)8/h14-20,23-28,42-44,49-51,60-71,97-98H,10-13,21-22,29-41,45-48,90H2,1-9H3,(H2,91,115)(H2,92,116)(H,95,100)(H,99,120)(H,101,117)(H,102,118)(H,103,125)(H,104,126)(H,105,119)(H,106,123)(H,107,124)(H,108,122)(H,109,121)(H4,93,94,96). The van der Waals surface area contributed by atoms with Gasteiger partial charge in [-0.05, 0) is 86.6 Å². The number of fused-ring (bicyclic) bond motifs is 3. The van der Waals surface area contributed by atoms with Crippen molar-refractivity contribution in [1.82, 2.24) is 103 Å².